The fourth-order valence-corrected chi connectivity index (χ4v) is 2.49. The van der Waals surface area contributed by atoms with Crippen LogP contribution < -0.4 is 0 Å². The average Bonchev–Trinajstić information content (AvgIpc) is 2.20. The van der Waals surface area contributed by atoms with E-state index in [9.17, 15) is 4.79 Å². The van der Waals surface area contributed by atoms with Gasteiger partial charge in [0.2, 0.25) is 0 Å². The van der Waals surface area contributed by atoms with Crippen LogP contribution in [-0.2, 0) is 4.79 Å². The fourth-order valence-electron chi connectivity index (χ4n) is 2.49. The first-order chi connectivity index (χ1) is 7.04. The van der Waals surface area contributed by atoms with Gasteiger partial charge in [-0.2, -0.15) is 0 Å². The Morgan fingerprint density at radius 2 is 2.27 bits per heavy atom. The van der Waals surface area contributed by atoms with Crippen LogP contribution in [0.1, 0.15) is 40.0 Å². The highest BCUT2D eigenvalue weighted by Crippen LogP contribution is 2.35. The molecule has 1 rings (SSSR count). The van der Waals surface area contributed by atoms with Crippen LogP contribution >= 0.6 is 0 Å². The Morgan fingerprint density at radius 3 is 2.87 bits per heavy atom. The molecule has 1 heteroatoms. The number of allylic oxidation sites excluding steroid dienone is 3. The summed E-state index contributed by atoms with van der Waals surface area (Å²) in [4.78, 5) is 11.2. The normalized spacial score (nSPS) is 30.9. The van der Waals surface area contributed by atoms with Gasteiger partial charge >= 0.3 is 0 Å². The second kappa shape index (κ2) is 5.29. The van der Waals surface area contributed by atoms with Crippen LogP contribution in [0.25, 0.3) is 0 Å². The molecular weight excluding hydrogens is 184 g/mol. The number of carbonyl (C=O) groups is 1. The first kappa shape index (κ1) is 12.2. The zero-order valence-electron chi connectivity index (χ0n) is 10.1. The molecule has 1 nitrogen and oxygen atoms in total. The number of hydrogen-bond donors (Lipinski definition) is 0. The smallest absolute Gasteiger partial charge is 0.155 e. The van der Waals surface area contributed by atoms with Crippen LogP contribution in [-0.4, -0.2) is 5.78 Å². The highest BCUT2D eigenvalue weighted by molar-refractivity contribution is 5.88. The van der Waals surface area contributed by atoms with Gasteiger partial charge in [0, 0.05) is 6.42 Å². The lowest BCUT2D eigenvalue weighted by Gasteiger charge is -2.32. The van der Waals surface area contributed by atoms with Gasteiger partial charge in [0.05, 0.1) is 0 Å². The van der Waals surface area contributed by atoms with Crippen molar-refractivity contribution in [3.63, 3.8) is 0 Å². The van der Waals surface area contributed by atoms with Crippen molar-refractivity contribution < 1.29 is 4.79 Å². The minimum absolute atomic E-state index is 0.182. The Kier molecular flexibility index (Phi) is 4.31. The zero-order chi connectivity index (χ0) is 11.4. The second-order valence-corrected chi connectivity index (χ2v) is 4.90. The lowest BCUT2D eigenvalue weighted by molar-refractivity contribution is -0.115. The highest BCUT2D eigenvalue weighted by Gasteiger charge is 2.25. The Bertz CT molecular complexity index is 275. The van der Waals surface area contributed by atoms with Gasteiger partial charge in [-0.15, -0.1) is 0 Å². The molecule has 0 spiro atoms. The van der Waals surface area contributed by atoms with Gasteiger partial charge < -0.3 is 0 Å². The van der Waals surface area contributed by atoms with Crippen molar-refractivity contribution in [3.05, 3.63) is 24.3 Å². The maximum atomic E-state index is 11.2. The Morgan fingerprint density at radius 1 is 1.60 bits per heavy atom. The molecule has 15 heavy (non-hydrogen) atoms. The molecule has 0 amide bonds. The summed E-state index contributed by atoms with van der Waals surface area (Å²) in [6.45, 7) is 10.3. The summed E-state index contributed by atoms with van der Waals surface area (Å²) < 4.78 is 0. The molecule has 0 fully saturated rings. The van der Waals surface area contributed by atoms with Crippen molar-refractivity contribution in [2.45, 2.75) is 40.0 Å². The summed E-state index contributed by atoms with van der Waals surface area (Å²) in [7, 11) is 0. The molecule has 3 atom stereocenters. The van der Waals surface area contributed by atoms with Crippen LogP contribution in [0, 0.1) is 17.8 Å². The predicted molar refractivity (Wildman–Crippen MR) is 64.6 cm³/mol. The third-order valence-electron chi connectivity index (χ3n) is 3.69. The van der Waals surface area contributed by atoms with Gasteiger partial charge in [-0.1, -0.05) is 32.1 Å². The highest BCUT2D eigenvalue weighted by atomic mass is 16.1. The summed E-state index contributed by atoms with van der Waals surface area (Å²) in [5.41, 5.74) is 1.48. The SMILES string of the molecule is C=CC(=O)CCC1CC(C)=CC(C)C1C. The number of hydrogen-bond acceptors (Lipinski definition) is 1. The molecule has 84 valence electrons. The molecule has 0 saturated carbocycles. The first-order valence-corrected chi connectivity index (χ1v) is 5.87. The van der Waals surface area contributed by atoms with Crippen LogP contribution in [0.2, 0.25) is 0 Å². The summed E-state index contributed by atoms with van der Waals surface area (Å²) in [5, 5.41) is 0. The zero-order valence-corrected chi connectivity index (χ0v) is 10.1. The first-order valence-electron chi connectivity index (χ1n) is 5.87. The van der Waals surface area contributed by atoms with E-state index in [2.05, 4.69) is 33.4 Å². The van der Waals surface area contributed by atoms with Crippen molar-refractivity contribution in [1.82, 2.24) is 0 Å². The van der Waals surface area contributed by atoms with Crippen LogP contribution in [0.15, 0.2) is 24.3 Å². The second-order valence-electron chi connectivity index (χ2n) is 4.90. The molecule has 0 aromatic rings. The largest absolute Gasteiger partial charge is 0.295 e. The van der Waals surface area contributed by atoms with Gasteiger partial charge in [0.25, 0.3) is 0 Å². The molecule has 0 bridgehead atoms. The average molecular weight is 206 g/mol. The van der Waals surface area contributed by atoms with Gasteiger partial charge in [0.15, 0.2) is 5.78 Å². The molecule has 0 heterocycles. The van der Waals surface area contributed by atoms with E-state index in [1.165, 1.54) is 11.6 Å². The third kappa shape index (κ3) is 3.33. The molecule has 1 aliphatic rings. The number of carbonyl (C=O) groups excluding carboxylic acids is 1. The third-order valence-corrected chi connectivity index (χ3v) is 3.69. The van der Waals surface area contributed by atoms with E-state index >= 15 is 0 Å². The summed E-state index contributed by atoms with van der Waals surface area (Å²) in [6, 6.07) is 0. The lowest BCUT2D eigenvalue weighted by Crippen LogP contribution is -2.23. The Balaban J connectivity index is 2.52. The molecule has 0 radical (unpaired) electrons. The monoisotopic (exact) mass is 206 g/mol. The fraction of sp³-hybridized carbons (Fsp3) is 0.643. The predicted octanol–water partition coefficient (Wildman–Crippen LogP) is 3.76. The van der Waals surface area contributed by atoms with Gasteiger partial charge in [-0.05, 0) is 43.6 Å². The summed E-state index contributed by atoms with van der Waals surface area (Å²) in [5.74, 6) is 2.21. The van der Waals surface area contributed by atoms with E-state index < -0.39 is 0 Å². The van der Waals surface area contributed by atoms with Crippen LogP contribution in [0.5, 0.6) is 0 Å². The topological polar surface area (TPSA) is 17.1 Å². The molecule has 1 aliphatic carbocycles. The minimum Gasteiger partial charge on any atom is -0.295 e. The van der Waals surface area contributed by atoms with E-state index in [1.54, 1.807) is 0 Å². The molecular formula is C14H22O. The summed E-state index contributed by atoms with van der Waals surface area (Å²) >= 11 is 0. The molecule has 0 aromatic carbocycles. The standard InChI is InChI=1S/C14H22O/c1-5-14(15)7-6-13-9-10(2)8-11(3)12(13)4/h5,8,11-13H,1,6-7,9H2,2-4H3. The molecule has 0 aliphatic heterocycles. The van der Waals surface area contributed by atoms with Crippen molar-refractivity contribution >= 4 is 5.78 Å². The minimum atomic E-state index is 0.182. The molecule has 0 aromatic heterocycles. The number of ketones is 1. The maximum Gasteiger partial charge on any atom is 0.155 e. The molecule has 0 saturated heterocycles. The molecule has 3 unspecified atom stereocenters. The number of rotatable bonds is 4. The Hall–Kier alpha value is -0.850. The quantitative estimate of drug-likeness (QED) is 0.505. The van der Waals surface area contributed by atoms with Gasteiger partial charge in [-0.3, -0.25) is 4.79 Å². The maximum absolute atomic E-state index is 11.2. The van der Waals surface area contributed by atoms with Crippen molar-refractivity contribution in [2.24, 2.45) is 17.8 Å². The molecule has 0 N–H and O–H groups in total. The summed E-state index contributed by atoms with van der Waals surface area (Å²) in [6.07, 6.45) is 6.66. The lowest BCUT2D eigenvalue weighted by atomic mass is 9.73. The van der Waals surface area contributed by atoms with E-state index in [-0.39, 0.29) is 5.78 Å². The van der Waals surface area contributed by atoms with Crippen molar-refractivity contribution in [1.29, 1.82) is 0 Å². The van der Waals surface area contributed by atoms with Gasteiger partial charge in [0.1, 0.15) is 0 Å². The Labute approximate surface area is 93.3 Å². The van der Waals surface area contributed by atoms with Gasteiger partial charge in [-0.25, -0.2) is 0 Å². The van der Waals surface area contributed by atoms with Crippen molar-refractivity contribution in [2.75, 3.05) is 0 Å². The van der Waals surface area contributed by atoms with E-state index in [1.807, 2.05) is 0 Å². The van der Waals surface area contributed by atoms with E-state index in [0.29, 0.717) is 24.2 Å². The van der Waals surface area contributed by atoms with Crippen LogP contribution in [0.3, 0.4) is 0 Å². The van der Waals surface area contributed by atoms with Crippen LogP contribution in [0.4, 0.5) is 0 Å². The van der Waals surface area contributed by atoms with E-state index in [4.69, 9.17) is 0 Å². The van der Waals surface area contributed by atoms with E-state index in [0.717, 1.165) is 12.8 Å². The van der Waals surface area contributed by atoms with Crippen molar-refractivity contribution in [3.8, 4) is 0 Å².